The first kappa shape index (κ1) is 12.0. The van der Waals surface area contributed by atoms with Crippen molar-refractivity contribution in [1.82, 2.24) is 4.98 Å². The zero-order chi connectivity index (χ0) is 13.1. The van der Waals surface area contributed by atoms with Gasteiger partial charge in [0.05, 0.1) is 0 Å². The molecule has 0 aliphatic rings. The van der Waals surface area contributed by atoms with Gasteiger partial charge in [-0.1, -0.05) is 6.07 Å². The van der Waals surface area contributed by atoms with Crippen molar-refractivity contribution in [1.29, 1.82) is 0 Å². The highest BCUT2D eigenvalue weighted by Crippen LogP contribution is 2.21. The fourth-order valence-corrected chi connectivity index (χ4v) is 1.39. The molecule has 0 spiro atoms. The van der Waals surface area contributed by atoms with Crippen LogP contribution in [0.5, 0.6) is 11.6 Å². The summed E-state index contributed by atoms with van der Waals surface area (Å²) < 4.78 is 18.4. The highest BCUT2D eigenvalue weighted by Gasteiger charge is 2.07. The second-order valence-corrected chi connectivity index (χ2v) is 3.68. The van der Waals surface area contributed by atoms with Crippen LogP contribution in [0.25, 0.3) is 0 Å². The summed E-state index contributed by atoms with van der Waals surface area (Å²) in [6.45, 7) is 1.61. The van der Waals surface area contributed by atoms with E-state index in [0.29, 0.717) is 11.3 Å². The average Bonchev–Trinajstić information content (AvgIpc) is 2.34. The van der Waals surface area contributed by atoms with Crippen LogP contribution in [0, 0.1) is 12.7 Å². The fraction of sp³-hybridized carbons (Fsp3) is 0.0769. The molecule has 0 bridgehead atoms. The minimum absolute atomic E-state index is 0.105. The number of halogens is 1. The van der Waals surface area contributed by atoms with Crippen LogP contribution in [0.3, 0.4) is 0 Å². The smallest absolute Gasteiger partial charge is 0.354 e. The summed E-state index contributed by atoms with van der Waals surface area (Å²) in [5, 5.41) is 8.79. The molecule has 2 rings (SSSR count). The largest absolute Gasteiger partial charge is 0.477 e. The number of pyridine rings is 1. The summed E-state index contributed by atoms with van der Waals surface area (Å²) >= 11 is 0. The van der Waals surface area contributed by atoms with Crippen LogP contribution in [-0.2, 0) is 0 Å². The molecule has 0 saturated carbocycles. The van der Waals surface area contributed by atoms with Crippen molar-refractivity contribution in [3.8, 4) is 11.6 Å². The van der Waals surface area contributed by atoms with Gasteiger partial charge in [-0.2, -0.15) is 0 Å². The molecular weight excluding hydrogens is 237 g/mol. The number of benzene rings is 1. The van der Waals surface area contributed by atoms with E-state index < -0.39 is 5.97 Å². The van der Waals surface area contributed by atoms with Gasteiger partial charge < -0.3 is 9.84 Å². The maximum absolute atomic E-state index is 13.1. The van der Waals surface area contributed by atoms with E-state index in [-0.39, 0.29) is 17.4 Å². The Kier molecular flexibility index (Phi) is 3.23. The quantitative estimate of drug-likeness (QED) is 0.905. The molecule has 0 aliphatic heterocycles. The van der Waals surface area contributed by atoms with E-state index in [4.69, 9.17) is 9.84 Å². The van der Waals surface area contributed by atoms with Gasteiger partial charge in [-0.3, -0.25) is 0 Å². The van der Waals surface area contributed by atoms with Gasteiger partial charge in [0.1, 0.15) is 11.6 Å². The fourth-order valence-electron chi connectivity index (χ4n) is 1.39. The minimum Gasteiger partial charge on any atom is -0.477 e. The lowest BCUT2D eigenvalue weighted by Crippen LogP contribution is -2.00. The third-order valence-electron chi connectivity index (χ3n) is 2.29. The van der Waals surface area contributed by atoms with E-state index in [9.17, 15) is 9.18 Å². The zero-order valence-corrected chi connectivity index (χ0v) is 9.55. The van der Waals surface area contributed by atoms with Crippen molar-refractivity contribution >= 4 is 5.97 Å². The molecule has 0 fully saturated rings. The van der Waals surface area contributed by atoms with Gasteiger partial charge >= 0.3 is 5.97 Å². The summed E-state index contributed by atoms with van der Waals surface area (Å²) in [6.07, 6.45) is 0. The van der Waals surface area contributed by atoms with Gasteiger partial charge in [-0.05, 0) is 36.8 Å². The molecule has 0 unspecified atom stereocenters. The van der Waals surface area contributed by atoms with Gasteiger partial charge in [-0.25, -0.2) is 14.2 Å². The van der Waals surface area contributed by atoms with Crippen LogP contribution in [0.1, 0.15) is 16.1 Å². The number of aromatic carboxylic acids is 1. The standard InChI is InChI=1S/C13H10FNO3/c1-8-7-9(5-6-10(8)14)18-12-4-2-3-11(15-12)13(16)17/h2-7H,1H3,(H,16,17). The topological polar surface area (TPSA) is 59.4 Å². The maximum Gasteiger partial charge on any atom is 0.354 e. The number of nitrogens with zero attached hydrogens (tertiary/aromatic N) is 1. The molecular formula is C13H10FNO3. The molecule has 0 saturated heterocycles. The van der Waals surface area contributed by atoms with E-state index in [1.54, 1.807) is 6.92 Å². The van der Waals surface area contributed by atoms with E-state index in [0.717, 1.165) is 0 Å². The van der Waals surface area contributed by atoms with Gasteiger partial charge in [0.25, 0.3) is 0 Å². The van der Waals surface area contributed by atoms with Crippen LogP contribution in [0.4, 0.5) is 4.39 Å². The summed E-state index contributed by atoms with van der Waals surface area (Å²) in [5.41, 5.74) is 0.341. The monoisotopic (exact) mass is 247 g/mol. The molecule has 2 aromatic rings. The van der Waals surface area contributed by atoms with Crippen molar-refractivity contribution in [2.24, 2.45) is 0 Å². The highest BCUT2D eigenvalue weighted by atomic mass is 19.1. The molecule has 0 radical (unpaired) electrons. The van der Waals surface area contributed by atoms with Gasteiger partial charge in [-0.15, -0.1) is 0 Å². The van der Waals surface area contributed by atoms with Crippen molar-refractivity contribution in [2.75, 3.05) is 0 Å². The van der Waals surface area contributed by atoms with Crippen LogP contribution in [0.2, 0.25) is 0 Å². The first-order valence-electron chi connectivity index (χ1n) is 5.20. The van der Waals surface area contributed by atoms with Gasteiger partial charge in [0.2, 0.25) is 5.88 Å². The van der Waals surface area contributed by atoms with Crippen molar-refractivity contribution < 1.29 is 19.0 Å². The Bertz CT molecular complexity index is 599. The number of carboxylic acid groups (broad SMARTS) is 1. The lowest BCUT2D eigenvalue weighted by atomic mass is 10.2. The third kappa shape index (κ3) is 2.63. The predicted octanol–water partition coefficient (Wildman–Crippen LogP) is 3.02. The Morgan fingerprint density at radius 2 is 2.11 bits per heavy atom. The lowest BCUT2D eigenvalue weighted by molar-refractivity contribution is 0.0689. The SMILES string of the molecule is Cc1cc(Oc2cccc(C(=O)O)n2)ccc1F. The maximum atomic E-state index is 13.1. The molecule has 92 valence electrons. The first-order valence-corrected chi connectivity index (χ1v) is 5.20. The normalized spacial score (nSPS) is 10.1. The predicted molar refractivity (Wildman–Crippen MR) is 62.4 cm³/mol. The lowest BCUT2D eigenvalue weighted by Gasteiger charge is -2.06. The number of aromatic nitrogens is 1. The zero-order valence-electron chi connectivity index (χ0n) is 9.55. The number of rotatable bonds is 3. The molecule has 5 heteroatoms. The Labute approximate surface area is 103 Å². The molecule has 0 amide bonds. The van der Waals surface area contributed by atoms with Crippen LogP contribution in [-0.4, -0.2) is 16.1 Å². The van der Waals surface area contributed by atoms with Crippen LogP contribution in [0.15, 0.2) is 36.4 Å². The Morgan fingerprint density at radius 1 is 1.33 bits per heavy atom. The molecule has 0 atom stereocenters. The molecule has 1 heterocycles. The molecule has 4 nitrogen and oxygen atoms in total. The minimum atomic E-state index is -1.13. The summed E-state index contributed by atoms with van der Waals surface area (Å²) in [4.78, 5) is 14.5. The van der Waals surface area contributed by atoms with Gasteiger partial charge in [0, 0.05) is 6.07 Å². The molecule has 18 heavy (non-hydrogen) atoms. The van der Waals surface area contributed by atoms with Gasteiger partial charge in [0.15, 0.2) is 5.69 Å². The summed E-state index contributed by atoms with van der Waals surface area (Å²) in [5.74, 6) is -0.893. The average molecular weight is 247 g/mol. The number of carboxylic acids is 1. The molecule has 0 aliphatic carbocycles. The van der Waals surface area contributed by atoms with Crippen molar-refractivity contribution in [3.63, 3.8) is 0 Å². The second kappa shape index (κ2) is 4.83. The number of aryl methyl sites for hydroxylation is 1. The van der Waals surface area contributed by atoms with Crippen LogP contribution < -0.4 is 4.74 Å². The molecule has 1 aromatic heterocycles. The Morgan fingerprint density at radius 3 is 2.78 bits per heavy atom. The van der Waals surface area contributed by atoms with Crippen molar-refractivity contribution in [2.45, 2.75) is 6.92 Å². The van der Waals surface area contributed by atoms with Crippen molar-refractivity contribution in [3.05, 3.63) is 53.5 Å². The van der Waals surface area contributed by atoms with E-state index >= 15 is 0 Å². The first-order chi connectivity index (χ1) is 8.56. The number of ether oxygens (including phenoxy) is 1. The molecule has 1 N–H and O–H groups in total. The second-order valence-electron chi connectivity index (χ2n) is 3.68. The summed E-state index contributed by atoms with van der Waals surface area (Å²) in [6, 6.07) is 8.69. The number of carbonyl (C=O) groups is 1. The van der Waals surface area contributed by atoms with E-state index in [2.05, 4.69) is 4.98 Å². The Balaban J connectivity index is 2.25. The van der Waals surface area contributed by atoms with Crippen LogP contribution >= 0.6 is 0 Å². The number of hydrogen-bond donors (Lipinski definition) is 1. The molecule has 1 aromatic carbocycles. The highest BCUT2D eigenvalue weighted by molar-refractivity contribution is 5.85. The van der Waals surface area contributed by atoms with E-state index in [1.807, 2.05) is 0 Å². The number of hydrogen-bond acceptors (Lipinski definition) is 3. The summed E-state index contributed by atoms with van der Waals surface area (Å²) in [7, 11) is 0. The Hall–Kier alpha value is -2.43. The third-order valence-corrected chi connectivity index (χ3v) is 2.29. The van der Waals surface area contributed by atoms with E-state index in [1.165, 1.54) is 36.4 Å².